The van der Waals surface area contributed by atoms with Crippen LogP contribution in [-0.2, 0) is 21.4 Å². The Bertz CT molecular complexity index is 1120. The Labute approximate surface area is 179 Å². The third kappa shape index (κ3) is 3.76. The average molecular weight is 420 g/mol. The third-order valence-corrected chi connectivity index (χ3v) is 6.10. The summed E-state index contributed by atoms with van der Waals surface area (Å²) < 4.78 is 7.00. The molecule has 0 saturated heterocycles. The van der Waals surface area contributed by atoms with Gasteiger partial charge >= 0.3 is 5.97 Å². The standard InChI is InChI=1S/C23H21N3O3S/c1-15-17(16(2)25(3)24-15)12-13-23(28)29-14-22(27)26-18-8-4-6-10-20(18)30-21-11-7-5-9-19(21)26/h4-13H,14H2,1-3H3/b13-12+. The average Bonchev–Trinajstić information content (AvgIpc) is 2.99. The number of aryl methyl sites for hydroxylation is 2. The number of para-hydroxylation sites is 2. The van der Waals surface area contributed by atoms with Crippen molar-refractivity contribution >= 4 is 41.1 Å². The molecule has 1 amide bonds. The molecule has 1 aromatic heterocycles. The smallest absolute Gasteiger partial charge is 0.331 e. The van der Waals surface area contributed by atoms with E-state index in [1.807, 2.05) is 69.4 Å². The fourth-order valence-electron chi connectivity index (χ4n) is 3.40. The molecule has 2 heterocycles. The Morgan fingerprint density at radius 2 is 1.63 bits per heavy atom. The van der Waals surface area contributed by atoms with Crippen LogP contribution in [0.3, 0.4) is 0 Å². The fraction of sp³-hybridized carbons (Fsp3) is 0.174. The van der Waals surface area contributed by atoms with Gasteiger partial charge in [0.1, 0.15) is 0 Å². The second-order valence-electron chi connectivity index (χ2n) is 6.92. The van der Waals surface area contributed by atoms with Crippen molar-refractivity contribution in [3.05, 3.63) is 71.6 Å². The van der Waals surface area contributed by atoms with Crippen molar-refractivity contribution in [3.8, 4) is 0 Å². The summed E-state index contributed by atoms with van der Waals surface area (Å²) in [7, 11) is 1.85. The highest BCUT2D eigenvalue weighted by molar-refractivity contribution is 7.99. The van der Waals surface area contributed by atoms with E-state index in [-0.39, 0.29) is 12.5 Å². The van der Waals surface area contributed by atoms with Crippen molar-refractivity contribution in [3.63, 3.8) is 0 Å². The monoisotopic (exact) mass is 419 g/mol. The minimum Gasteiger partial charge on any atom is -0.452 e. The first-order valence-corrected chi connectivity index (χ1v) is 10.3. The van der Waals surface area contributed by atoms with E-state index in [4.69, 9.17) is 4.74 Å². The molecule has 0 radical (unpaired) electrons. The molecule has 0 aliphatic carbocycles. The summed E-state index contributed by atoms with van der Waals surface area (Å²) in [6, 6.07) is 15.4. The summed E-state index contributed by atoms with van der Waals surface area (Å²) in [6.07, 6.45) is 3.00. The first-order valence-electron chi connectivity index (χ1n) is 9.49. The predicted molar refractivity (Wildman–Crippen MR) is 117 cm³/mol. The van der Waals surface area contributed by atoms with Gasteiger partial charge in [0.15, 0.2) is 6.61 Å². The minimum atomic E-state index is -0.570. The van der Waals surface area contributed by atoms with Gasteiger partial charge in [0.25, 0.3) is 5.91 Å². The van der Waals surface area contributed by atoms with Crippen LogP contribution >= 0.6 is 11.8 Å². The van der Waals surface area contributed by atoms with Crippen molar-refractivity contribution in [2.24, 2.45) is 7.05 Å². The number of fused-ring (bicyclic) bond motifs is 2. The van der Waals surface area contributed by atoms with Crippen molar-refractivity contribution in [1.29, 1.82) is 0 Å². The van der Waals surface area contributed by atoms with Gasteiger partial charge in [0.2, 0.25) is 0 Å². The molecule has 0 saturated carbocycles. The summed E-state index contributed by atoms with van der Waals surface area (Å²) in [5, 5.41) is 4.32. The molecule has 6 nitrogen and oxygen atoms in total. The van der Waals surface area contributed by atoms with Crippen LogP contribution in [0.4, 0.5) is 11.4 Å². The van der Waals surface area contributed by atoms with Gasteiger partial charge in [-0.25, -0.2) is 4.79 Å². The van der Waals surface area contributed by atoms with Gasteiger partial charge in [-0.1, -0.05) is 36.0 Å². The number of anilines is 2. The molecule has 3 aromatic rings. The number of esters is 1. The molecule has 7 heteroatoms. The molecular formula is C23H21N3O3S. The lowest BCUT2D eigenvalue weighted by Crippen LogP contribution is -2.32. The van der Waals surface area contributed by atoms with Gasteiger partial charge in [-0.05, 0) is 44.2 Å². The topological polar surface area (TPSA) is 64.4 Å². The Morgan fingerprint density at radius 3 is 2.20 bits per heavy atom. The summed E-state index contributed by atoms with van der Waals surface area (Å²) >= 11 is 1.62. The fourth-order valence-corrected chi connectivity index (χ4v) is 4.46. The molecule has 30 heavy (non-hydrogen) atoms. The van der Waals surface area contributed by atoms with Crippen LogP contribution in [0.25, 0.3) is 6.08 Å². The number of nitrogens with zero attached hydrogens (tertiary/aromatic N) is 3. The number of rotatable bonds is 4. The zero-order valence-corrected chi connectivity index (χ0v) is 17.8. The van der Waals surface area contributed by atoms with Crippen LogP contribution < -0.4 is 4.90 Å². The van der Waals surface area contributed by atoms with E-state index in [9.17, 15) is 9.59 Å². The van der Waals surface area contributed by atoms with Crippen molar-refractivity contribution in [1.82, 2.24) is 9.78 Å². The molecular weight excluding hydrogens is 398 g/mol. The number of carbonyl (C=O) groups is 2. The van der Waals surface area contributed by atoms with Gasteiger partial charge in [-0.2, -0.15) is 5.10 Å². The zero-order valence-electron chi connectivity index (χ0n) is 17.0. The quantitative estimate of drug-likeness (QED) is 0.463. The molecule has 0 fully saturated rings. The van der Waals surface area contributed by atoms with Gasteiger partial charge in [-0.3, -0.25) is 14.4 Å². The molecule has 0 unspecified atom stereocenters. The molecule has 4 rings (SSSR count). The van der Waals surface area contributed by atoms with Crippen molar-refractivity contribution in [2.75, 3.05) is 11.5 Å². The third-order valence-electron chi connectivity index (χ3n) is 4.97. The van der Waals surface area contributed by atoms with Crippen LogP contribution in [0, 0.1) is 13.8 Å². The van der Waals surface area contributed by atoms with Gasteiger partial charge in [0, 0.05) is 34.2 Å². The highest BCUT2D eigenvalue weighted by Crippen LogP contribution is 2.47. The van der Waals surface area contributed by atoms with E-state index in [2.05, 4.69) is 5.10 Å². The number of hydrogen-bond donors (Lipinski definition) is 0. The molecule has 0 N–H and O–H groups in total. The molecule has 1 aliphatic heterocycles. The second kappa shape index (κ2) is 8.20. The summed E-state index contributed by atoms with van der Waals surface area (Å²) in [4.78, 5) is 28.8. The zero-order chi connectivity index (χ0) is 21.3. The van der Waals surface area contributed by atoms with E-state index in [1.165, 1.54) is 6.08 Å². The maximum absolute atomic E-state index is 13.0. The highest BCUT2D eigenvalue weighted by atomic mass is 32.2. The molecule has 0 atom stereocenters. The molecule has 1 aliphatic rings. The Balaban J connectivity index is 1.49. The van der Waals surface area contributed by atoms with Gasteiger partial charge in [0.05, 0.1) is 17.1 Å². The summed E-state index contributed by atoms with van der Waals surface area (Å²) in [6.45, 7) is 3.46. The first-order chi connectivity index (χ1) is 14.5. The van der Waals surface area contributed by atoms with E-state index >= 15 is 0 Å². The molecule has 0 spiro atoms. The Kier molecular flexibility index (Phi) is 5.46. The number of benzene rings is 2. The largest absolute Gasteiger partial charge is 0.452 e. The summed E-state index contributed by atoms with van der Waals surface area (Å²) in [5.74, 6) is -0.871. The van der Waals surface area contributed by atoms with Crippen LogP contribution in [0.15, 0.2) is 64.4 Å². The van der Waals surface area contributed by atoms with Crippen LogP contribution in [0.1, 0.15) is 17.0 Å². The van der Waals surface area contributed by atoms with Gasteiger partial charge in [-0.15, -0.1) is 0 Å². The highest BCUT2D eigenvalue weighted by Gasteiger charge is 2.28. The predicted octanol–water partition coefficient (Wildman–Crippen LogP) is 4.42. The normalized spacial score (nSPS) is 12.6. The van der Waals surface area contributed by atoms with E-state index < -0.39 is 5.97 Å². The lowest BCUT2D eigenvalue weighted by atomic mass is 10.2. The number of amides is 1. The number of aromatic nitrogens is 2. The van der Waals surface area contributed by atoms with Crippen LogP contribution in [-0.4, -0.2) is 28.3 Å². The SMILES string of the molecule is Cc1nn(C)c(C)c1/C=C/C(=O)OCC(=O)N1c2ccccc2Sc2ccccc21. The number of hydrogen-bond acceptors (Lipinski definition) is 5. The van der Waals surface area contributed by atoms with E-state index in [0.29, 0.717) is 0 Å². The maximum atomic E-state index is 13.0. The van der Waals surface area contributed by atoms with Crippen molar-refractivity contribution < 1.29 is 14.3 Å². The first kappa shape index (κ1) is 20.0. The lowest BCUT2D eigenvalue weighted by Gasteiger charge is -2.30. The molecule has 2 aromatic carbocycles. The van der Waals surface area contributed by atoms with Gasteiger partial charge < -0.3 is 4.74 Å². The van der Waals surface area contributed by atoms with E-state index in [0.717, 1.165) is 38.1 Å². The van der Waals surface area contributed by atoms with Crippen LogP contribution in [0.5, 0.6) is 0 Å². The summed E-state index contributed by atoms with van der Waals surface area (Å²) in [5.41, 5.74) is 4.23. The Morgan fingerprint density at radius 1 is 1.03 bits per heavy atom. The van der Waals surface area contributed by atoms with Crippen LogP contribution in [0.2, 0.25) is 0 Å². The Hall–Kier alpha value is -3.32. The second-order valence-corrected chi connectivity index (χ2v) is 8.00. The van der Waals surface area contributed by atoms with Crippen molar-refractivity contribution in [2.45, 2.75) is 23.6 Å². The van der Waals surface area contributed by atoms with E-state index in [1.54, 1.807) is 27.4 Å². The maximum Gasteiger partial charge on any atom is 0.331 e. The lowest BCUT2D eigenvalue weighted by molar-refractivity contribution is -0.142. The molecule has 0 bridgehead atoms. The molecule has 152 valence electrons. The number of ether oxygens (including phenoxy) is 1. The number of carbonyl (C=O) groups excluding carboxylic acids is 2. The minimum absolute atomic E-state index is 0.300.